The van der Waals surface area contributed by atoms with Crippen LogP contribution in [-0.4, -0.2) is 102 Å². The monoisotopic (exact) mass is 973 g/mol. The van der Waals surface area contributed by atoms with Gasteiger partial charge in [-0.2, -0.15) is 13.2 Å². The van der Waals surface area contributed by atoms with Crippen molar-refractivity contribution in [1.29, 1.82) is 0 Å². The first kappa shape index (κ1) is 50.2. The van der Waals surface area contributed by atoms with Crippen molar-refractivity contribution in [3.05, 3.63) is 60.4 Å². The highest BCUT2D eigenvalue weighted by Gasteiger charge is 2.63. The Labute approximate surface area is 393 Å². The molecular weight excluding hydrogens is 915 g/mol. The van der Waals surface area contributed by atoms with Gasteiger partial charge in [0, 0.05) is 23.3 Å². The van der Waals surface area contributed by atoms with Gasteiger partial charge in [-0.15, -0.1) is 0 Å². The van der Waals surface area contributed by atoms with Gasteiger partial charge in [-0.25, -0.2) is 22.6 Å². The zero-order valence-corrected chi connectivity index (χ0v) is 40.1. The van der Waals surface area contributed by atoms with E-state index < -0.39 is 91.7 Å². The molecule has 7 rings (SSSR count). The van der Waals surface area contributed by atoms with Crippen molar-refractivity contribution in [3.63, 3.8) is 0 Å². The first-order chi connectivity index (χ1) is 31.8. The SMILES string of the molecule is COc1ccc2c(O[C@@H]3C[C@H]4C(=O)N[C@]5(C(=O)NS(=O)(=O)C6(C)CC6)C[C@H]5/C=C\CC[C@@H](C)C[C@@H](C)[C@H](NC(=O)OC(C)(C)C(F)(F)F)C(=O)N4C3)nc(-c3ccc(OC(C)C)c(F)c3)cc2c1. The minimum absolute atomic E-state index is 0.0420. The summed E-state index contributed by atoms with van der Waals surface area (Å²) < 4.78 is 107. The van der Waals surface area contributed by atoms with Gasteiger partial charge in [0.25, 0.3) is 5.91 Å². The molecule has 4 amide bonds. The molecule has 3 heterocycles. The lowest BCUT2D eigenvalue weighted by molar-refractivity contribution is -0.244. The normalized spacial score (nSPS) is 26.9. The number of nitrogens with one attached hydrogen (secondary N) is 3. The number of carbonyl (C=O) groups excluding carboxylic acids is 4. The van der Waals surface area contributed by atoms with Crippen molar-refractivity contribution in [2.75, 3.05) is 13.7 Å². The van der Waals surface area contributed by atoms with Crippen molar-refractivity contribution >= 4 is 44.6 Å². The molecule has 0 spiro atoms. The van der Waals surface area contributed by atoms with Crippen LogP contribution in [0.5, 0.6) is 17.4 Å². The maximum absolute atomic E-state index is 15.4. The standard InChI is InChI=1S/C48H59F4N5O10S/c1-26(2)65-38-16-13-29(21-35(38)49)36-22-30-20-32(64-8)14-15-34(30)41(53-36)66-33-23-37-40(58)55-47(43(60)56-68(62,63)46(7)17-18-46)24-31(47)12-10-9-11-27(3)19-28(4)39(42(59)57(37)25-33)54-44(61)67-45(5,6)48(50,51)52/h10,12-16,20-22,26-28,31,33,37,39H,9,11,17-19,23-25H2,1-8H3,(H,54,61)(H,55,58)(H,56,60)/b12-10-/t27-,28-,31-,33-,37+,39+,47-/m1/s1. The molecule has 2 aliphatic heterocycles. The van der Waals surface area contributed by atoms with E-state index in [1.54, 1.807) is 57.2 Å². The fraction of sp³-hybridized carbons (Fsp3) is 0.562. The third-order valence-electron chi connectivity index (χ3n) is 13.4. The predicted molar refractivity (Wildman–Crippen MR) is 243 cm³/mol. The first-order valence-electron chi connectivity index (χ1n) is 22.8. The summed E-state index contributed by atoms with van der Waals surface area (Å²) in [6.07, 6.45) is -2.20. The van der Waals surface area contributed by atoms with Gasteiger partial charge in [0.1, 0.15) is 29.5 Å². The number of carbonyl (C=O) groups is 4. The molecule has 3 aromatic rings. The Balaban J connectivity index is 1.27. The molecule has 3 fully saturated rings. The topological polar surface area (TPSA) is 192 Å². The second kappa shape index (κ2) is 18.7. The predicted octanol–water partition coefficient (Wildman–Crippen LogP) is 7.51. The summed E-state index contributed by atoms with van der Waals surface area (Å²) in [4.78, 5) is 63.2. The highest BCUT2D eigenvalue weighted by molar-refractivity contribution is 7.91. The van der Waals surface area contributed by atoms with Crippen LogP contribution in [0.1, 0.15) is 93.4 Å². The Kier molecular flexibility index (Phi) is 13.8. The number of methoxy groups -OCH3 is 1. The molecule has 20 heteroatoms. The van der Waals surface area contributed by atoms with E-state index in [0.717, 1.165) is 4.90 Å². The molecule has 0 unspecified atom stereocenters. The van der Waals surface area contributed by atoms with Crippen LogP contribution in [0.4, 0.5) is 22.4 Å². The summed E-state index contributed by atoms with van der Waals surface area (Å²) in [5.74, 6) is -4.04. The average Bonchev–Trinajstić information content (AvgIpc) is 4.13. The lowest BCUT2D eigenvalue weighted by Gasteiger charge is -2.34. The maximum atomic E-state index is 15.4. The summed E-state index contributed by atoms with van der Waals surface area (Å²) in [6, 6.07) is 8.27. The number of amides is 4. The molecule has 1 aromatic heterocycles. The highest BCUT2D eigenvalue weighted by Crippen LogP contribution is 2.48. The van der Waals surface area contributed by atoms with Gasteiger partial charge in [0.05, 0.1) is 30.2 Å². The molecular formula is C48H59F4N5O10S. The first-order valence-corrected chi connectivity index (χ1v) is 24.3. The second-order valence-corrected chi connectivity index (χ2v) is 21.9. The molecule has 4 aliphatic rings. The van der Waals surface area contributed by atoms with Gasteiger partial charge in [-0.05, 0) is 133 Å². The number of aromatic nitrogens is 1. The molecule has 2 saturated carbocycles. The van der Waals surface area contributed by atoms with E-state index in [9.17, 15) is 36.0 Å². The number of hydrogen-bond donors (Lipinski definition) is 3. The van der Waals surface area contributed by atoms with Crippen LogP contribution in [0.2, 0.25) is 0 Å². The van der Waals surface area contributed by atoms with Crippen LogP contribution in [-0.2, 0) is 29.1 Å². The van der Waals surface area contributed by atoms with Gasteiger partial charge in [-0.3, -0.25) is 19.1 Å². The third kappa shape index (κ3) is 10.5. The highest BCUT2D eigenvalue weighted by atomic mass is 32.2. The Hall–Kier alpha value is -5.66. The maximum Gasteiger partial charge on any atom is 0.427 e. The van der Waals surface area contributed by atoms with Gasteiger partial charge in [-0.1, -0.05) is 26.0 Å². The Morgan fingerprint density at radius 1 is 1.03 bits per heavy atom. The number of sulfonamides is 1. The van der Waals surface area contributed by atoms with E-state index in [2.05, 4.69) is 15.4 Å². The van der Waals surface area contributed by atoms with Gasteiger partial charge in [0.15, 0.2) is 11.6 Å². The summed E-state index contributed by atoms with van der Waals surface area (Å²) in [5.41, 5.74) is -3.98. The molecule has 2 aliphatic carbocycles. The van der Waals surface area contributed by atoms with E-state index in [0.29, 0.717) is 73.7 Å². The quantitative estimate of drug-likeness (QED) is 0.127. The Morgan fingerprint density at radius 3 is 2.40 bits per heavy atom. The fourth-order valence-corrected chi connectivity index (χ4v) is 10.1. The molecule has 2 aromatic carbocycles. The van der Waals surface area contributed by atoms with Crippen LogP contribution in [0.15, 0.2) is 54.6 Å². The zero-order chi connectivity index (χ0) is 49.7. The summed E-state index contributed by atoms with van der Waals surface area (Å²) >= 11 is 0. The number of halogens is 4. The lowest BCUT2D eigenvalue weighted by Crippen LogP contribution is -2.59. The van der Waals surface area contributed by atoms with Gasteiger partial charge >= 0.3 is 12.3 Å². The average molecular weight is 974 g/mol. The molecule has 0 bridgehead atoms. The number of fused-ring (bicyclic) bond motifs is 3. The number of allylic oxidation sites excluding steroid dienone is 1. The summed E-state index contributed by atoms with van der Waals surface area (Å²) in [5, 5.41) is 6.25. The van der Waals surface area contributed by atoms with E-state index in [-0.39, 0.29) is 43.0 Å². The number of pyridine rings is 1. The Morgan fingerprint density at radius 2 is 1.75 bits per heavy atom. The number of rotatable bonds is 11. The molecule has 3 N–H and O–H groups in total. The number of benzene rings is 2. The lowest BCUT2D eigenvalue weighted by atomic mass is 9.88. The number of nitrogens with zero attached hydrogens (tertiary/aromatic N) is 2. The van der Waals surface area contributed by atoms with E-state index >= 15 is 9.18 Å². The molecule has 15 nitrogen and oxygen atoms in total. The van der Waals surface area contributed by atoms with E-state index in [1.807, 2.05) is 13.0 Å². The van der Waals surface area contributed by atoms with E-state index in [4.69, 9.17) is 23.9 Å². The Bertz CT molecular complexity index is 2600. The van der Waals surface area contributed by atoms with Gasteiger partial charge < -0.3 is 34.5 Å². The molecule has 0 radical (unpaired) electrons. The summed E-state index contributed by atoms with van der Waals surface area (Å²) in [6.45, 7) is 9.68. The number of alkyl halides is 3. The fourth-order valence-electron chi connectivity index (χ4n) is 8.78. The van der Waals surface area contributed by atoms with Crippen LogP contribution < -0.4 is 29.6 Å². The van der Waals surface area contributed by atoms with Crippen LogP contribution in [0, 0.1) is 23.6 Å². The smallest absolute Gasteiger partial charge is 0.427 e. The molecule has 370 valence electrons. The molecule has 7 atom stereocenters. The number of ether oxygens (including phenoxy) is 4. The van der Waals surface area contributed by atoms with Crippen molar-refractivity contribution in [2.45, 2.75) is 140 Å². The van der Waals surface area contributed by atoms with Crippen LogP contribution >= 0.6 is 0 Å². The van der Waals surface area contributed by atoms with Gasteiger partial charge in [0.2, 0.25) is 33.3 Å². The minimum Gasteiger partial charge on any atom is -0.497 e. The van der Waals surface area contributed by atoms with Crippen LogP contribution in [0.3, 0.4) is 0 Å². The van der Waals surface area contributed by atoms with Crippen molar-refractivity contribution in [1.82, 2.24) is 25.2 Å². The van der Waals surface area contributed by atoms with Crippen molar-refractivity contribution in [3.8, 4) is 28.6 Å². The van der Waals surface area contributed by atoms with E-state index in [1.165, 1.54) is 26.2 Å². The zero-order valence-electron chi connectivity index (χ0n) is 39.3. The van der Waals surface area contributed by atoms with Crippen molar-refractivity contribution in [2.24, 2.45) is 17.8 Å². The molecule has 68 heavy (non-hydrogen) atoms. The second-order valence-electron chi connectivity index (χ2n) is 19.7. The minimum atomic E-state index is -4.95. The largest absolute Gasteiger partial charge is 0.497 e. The molecule has 1 saturated heterocycles. The summed E-state index contributed by atoms with van der Waals surface area (Å²) in [7, 11) is -2.64. The number of alkyl carbamates (subject to hydrolysis) is 1. The van der Waals surface area contributed by atoms with Crippen LogP contribution in [0.25, 0.3) is 22.0 Å². The van der Waals surface area contributed by atoms with Crippen molar-refractivity contribution < 1.29 is 64.1 Å². The third-order valence-corrected chi connectivity index (χ3v) is 15.6. The number of hydrogen-bond acceptors (Lipinski definition) is 11.